The van der Waals surface area contributed by atoms with Crippen LogP contribution in [0.3, 0.4) is 0 Å². The number of rotatable bonds is 6. The van der Waals surface area contributed by atoms with Gasteiger partial charge >= 0.3 is 0 Å². The molecule has 0 radical (unpaired) electrons. The van der Waals surface area contributed by atoms with Crippen LogP contribution in [-0.4, -0.2) is 28.7 Å². The molecule has 13 aromatic rings. The monoisotopic (exact) mass is 804 g/mol. The summed E-state index contributed by atoms with van der Waals surface area (Å²) in [6, 6.07) is 77.4. The lowest BCUT2D eigenvalue weighted by Gasteiger charge is -2.21. The van der Waals surface area contributed by atoms with Gasteiger partial charge in [-0.2, -0.15) is 15.0 Å². The maximum absolute atomic E-state index is 5.50. The van der Waals surface area contributed by atoms with E-state index in [0.29, 0.717) is 17.7 Å². The summed E-state index contributed by atoms with van der Waals surface area (Å²) in [6.45, 7) is 0. The van der Waals surface area contributed by atoms with Crippen molar-refractivity contribution >= 4 is 65.4 Å². The first kappa shape index (κ1) is 35.2. The zero-order valence-electron chi connectivity index (χ0n) is 34.0. The van der Waals surface area contributed by atoms with E-state index in [1.807, 2.05) is 0 Å². The third-order valence-corrected chi connectivity index (χ3v) is 12.6. The number of nitrogens with zero attached hydrogens (tertiary/aromatic N) is 6. The van der Waals surface area contributed by atoms with Gasteiger partial charge in [-0.3, -0.25) is 9.13 Å². The van der Waals surface area contributed by atoms with Gasteiger partial charge in [-0.1, -0.05) is 182 Å². The van der Waals surface area contributed by atoms with E-state index in [2.05, 4.69) is 232 Å². The Bertz CT molecular complexity index is 3640. The highest BCUT2D eigenvalue weighted by molar-refractivity contribution is 6.12. The van der Waals surface area contributed by atoms with Crippen molar-refractivity contribution in [3.63, 3.8) is 0 Å². The largest absolute Gasteiger partial charge is 0.308 e. The molecule has 13 rings (SSSR count). The summed E-state index contributed by atoms with van der Waals surface area (Å²) in [5.41, 5.74) is 12.7. The molecule has 0 unspecified atom stereocenters. The van der Waals surface area contributed by atoms with Crippen molar-refractivity contribution in [2.45, 2.75) is 0 Å². The Morgan fingerprint density at radius 2 is 0.571 bits per heavy atom. The first-order valence-corrected chi connectivity index (χ1v) is 21.3. The van der Waals surface area contributed by atoms with Gasteiger partial charge in [-0.15, -0.1) is 0 Å². The van der Waals surface area contributed by atoms with Gasteiger partial charge in [0.15, 0.2) is 5.82 Å². The summed E-state index contributed by atoms with van der Waals surface area (Å²) in [4.78, 5) is 16.4. The van der Waals surface area contributed by atoms with Crippen LogP contribution >= 0.6 is 0 Å². The van der Waals surface area contributed by atoms with Crippen molar-refractivity contribution in [2.75, 3.05) is 0 Å². The Morgan fingerprint density at radius 1 is 0.238 bits per heavy atom. The van der Waals surface area contributed by atoms with Gasteiger partial charge in [0.25, 0.3) is 0 Å². The molecule has 63 heavy (non-hydrogen) atoms. The average Bonchev–Trinajstić information content (AvgIpc) is 4.00. The van der Waals surface area contributed by atoms with E-state index in [1.54, 1.807) is 0 Å². The highest BCUT2D eigenvalue weighted by Gasteiger charge is 2.24. The van der Waals surface area contributed by atoms with Crippen molar-refractivity contribution in [2.24, 2.45) is 0 Å². The van der Waals surface area contributed by atoms with Crippen molar-refractivity contribution in [1.82, 2.24) is 28.7 Å². The number of fused-ring (bicyclic) bond motifs is 9. The highest BCUT2D eigenvalue weighted by Crippen LogP contribution is 2.44. The van der Waals surface area contributed by atoms with Crippen molar-refractivity contribution in [1.29, 1.82) is 0 Å². The van der Waals surface area contributed by atoms with Crippen LogP contribution in [0.4, 0.5) is 0 Å². The highest BCUT2D eigenvalue weighted by atomic mass is 15.3. The van der Waals surface area contributed by atoms with Crippen LogP contribution in [0.5, 0.6) is 0 Å². The molecule has 0 bridgehead atoms. The fraction of sp³-hybridized carbons (Fsp3) is 0. The molecule has 0 spiro atoms. The van der Waals surface area contributed by atoms with Crippen molar-refractivity contribution in [3.8, 4) is 51.2 Å². The molecule has 6 nitrogen and oxygen atoms in total. The first-order valence-electron chi connectivity index (χ1n) is 21.3. The van der Waals surface area contributed by atoms with Gasteiger partial charge in [0, 0.05) is 49.0 Å². The second-order valence-corrected chi connectivity index (χ2v) is 16.0. The van der Waals surface area contributed by atoms with Crippen LogP contribution in [0.15, 0.2) is 218 Å². The Hall–Kier alpha value is -8.61. The molecular weight excluding hydrogens is 769 g/mol. The molecule has 0 aliphatic carbocycles. The van der Waals surface area contributed by atoms with E-state index in [9.17, 15) is 0 Å². The van der Waals surface area contributed by atoms with Gasteiger partial charge in [-0.05, 0) is 47.5 Å². The molecule has 9 aromatic carbocycles. The molecule has 6 heteroatoms. The van der Waals surface area contributed by atoms with E-state index in [0.717, 1.165) is 88.1 Å². The topological polar surface area (TPSA) is 53.5 Å². The molecule has 0 atom stereocenters. The molecular formula is C57H36N6. The van der Waals surface area contributed by atoms with E-state index >= 15 is 0 Å². The Balaban J connectivity index is 1.14. The molecule has 0 saturated carbocycles. The Kier molecular flexibility index (Phi) is 7.80. The minimum atomic E-state index is 0.546. The molecule has 4 aromatic heterocycles. The van der Waals surface area contributed by atoms with E-state index in [4.69, 9.17) is 15.0 Å². The van der Waals surface area contributed by atoms with Crippen LogP contribution in [0.1, 0.15) is 0 Å². The lowest BCUT2D eigenvalue weighted by Crippen LogP contribution is -2.10. The van der Waals surface area contributed by atoms with Crippen LogP contribution < -0.4 is 0 Å². The molecule has 4 heterocycles. The van der Waals surface area contributed by atoms with Crippen LogP contribution in [-0.2, 0) is 0 Å². The number of aromatic nitrogens is 6. The standard InChI is InChI=1S/C57H36N6/c1-2-19-37(20-3-1)38-29-18-30-46(54(38)61-48-31-12-6-22-40(48)41-23-7-13-32-49(41)61)39-21-4-5-28-47(39)55-58-56(62-50-33-14-8-24-42(50)43-25-9-15-34-51(43)62)60-57(59-55)63-52-35-16-10-26-44(52)45-27-11-17-36-53(45)63/h1-36H. The zero-order valence-corrected chi connectivity index (χ0v) is 34.0. The third kappa shape index (κ3) is 5.35. The van der Waals surface area contributed by atoms with Gasteiger partial charge in [0.05, 0.1) is 38.8 Å². The minimum absolute atomic E-state index is 0.546. The summed E-state index contributed by atoms with van der Waals surface area (Å²) >= 11 is 0. The van der Waals surface area contributed by atoms with Crippen molar-refractivity contribution in [3.05, 3.63) is 218 Å². The SMILES string of the molecule is c1ccc(-c2cccc(-c3ccccc3-c3nc(-n4c5ccccc5c5ccccc54)nc(-n4c5ccccc5c5ccccc54)n3)c2-n2c3ccccc3c3ccccc32)cc1. The van der Waals surface area contributed by atoms with Gasteiger partial charge in [0.2, 0.25) is 11.9 Å². The lowest BCUT2D eigenvalue weighted by atomic mass is 9.92. The number of hydrogen-bond acceptors (Lipinski definition) is 3. The van der Waals surface area contributed by atoms with E-state index < -0.39 is 0 Å². The third-order valence-electron chi connectivity index (χ3n) is 12.6. The van der Waals surface area contributed by atoms with Crippen LogP contribution in [0.25, 0.3) is 117 Å². The summed E-state index contributed by atoms with van der Waals surface area (Å²) < 4.78 is 6.82. The predicted octanol–water partition coefficient (Wildman–Crippen LogP) is 14.2. The summed E-state index contributed by atoms with van der Waals surface area (Å²) in [5.74, 6) is 1.67. The van der Waals surface area contributed by atoms with E-state index in [1.165, 1.54) is 10.8 Å². The summed E-state index contributed by atoms with van der Waals surface area (Å²) in [6.07, 6.45) is 0. The van der Waals surface area contributed by atoms with Crippen molar-refractivity contribution < 1.29 is 0 Å². The molecule has 0 amide bonds. The van der Waals surface area contributed by atoms with E-state index in [-0.39, 0.29) is 0 Å². The fourth-order valence-electron chi connectivity index (χ4n) is 9.88. The lowest BCUT2D eigenvalue weighted by molar-refractivity contribution is 0.893. The fourth-order valence-corrected chi connectivity index (χ4v) is 9.88. The summed E-state index contributed by atoms with van der Waals surface area (Å²) in [7, 11) is 0. The average molecular weight is 805 g/mol. The minimum Gasteiger partial charge on any atom is -0.308 e. The number of para-hydroxylation sites is 7. The Morgan fingerprint density at radius 3 is 1.02 bits per heavy atom. The normalized spacial score (nSPS) is 11.8. The molecule has 0 fully saturated rings. The van der Waals surface area contributed by atoms with Gasteiger partial charge in [-0.25, -0.2) is 0 Å². The first-order chi connectivity index (χ1) is 31.3. The molecule has 294 valence electrons. The molecule has 0 aliphatic heterocycles. The second-order valence-electron chi connectivity index (χ2n) is 16.0. The maximum atomic E-state index is 5.50. The second kappa shape index (κ2) is 14.0. The number of hydrogen-bond donors (Lipinski definition) is 0. The molecule has 0 N–H and O–H groups in total. The zero-order chi connectivity index (χ0) is 41.4. The summed E-state index contributed by atoms with van der Waals surface area (Å²) in [5, 5.41) is 6.98. The van der Waals surface area contributed by atoms with Crippen LogP contribution in [0.2, 0.25) is 0 Å². The van der Waals surface area contributed by atoms with Crippen LogP contribution in [0, 0.1) is 0 Å². The maximum Gasteiger partial charge on any atom is 0.240 e. The van der Waals surface area contributed by atoms with Gasteiger partial charge in [0.1, 0.15) is 0 Å². The Labute approximate surface area is 362 Å². The van der Waals surface area contributed by atoms with Gasteiger partial charge < -0.3 is 4.57 Å². The molecule has 0 saturated heterocycles. The quantitative estimate of drug-likeness (QED) is 0.168. The molecule has 0 aliphatic rings. The smallest absolute Gasteiger partial charge is 0.240 e. The number of benzene rings is 9. The predicted molar refractivity (Wildman–Crippen MR) is 259 cm³/mol.